The number of anilines is 2. The van der Waals surface area contributed by atoms with Crippen LogP contribution in [-0.2, 0) is 10.3 Å². The molecule has 1 heterocycles. The predicted octanol–water partition coefficient (Wildman–Crippen LogP) is 4.43. The molecule has 176 valence electrons. The fourth-order valence-electron chi connectivity index (χ4n) is 7.08. The highest BCUT2D eigenvalue weighted by Crippen LogP contribution is 2.65. The highest BCUT2D eigenvalue weighted by Gasteiger charge is 2.59. The molecule has 9 heteroatoms. The molecule has 2 atom stereocenters. The fraction of sp³-hybridized carbons (Fsp3) is 0.542. The van der Waals surface area contributed by atoms with Crippen molar-refractivity contribution in [3.05, 3.63) is 39.8 Å². The molecule has 0 unspecified atom stereocenters. The normalized spacial score (nSPS) is 29.7. The predicted molar refractivity (Wildman–Crippen MR) is 124 cm³/mol. The van der Waals surface area contributed by atoms with E-state index in [1.165, 1.54) is 0 Å². The first kappa shape index (κ1) is 22.1. The highest BCUT2D eigenvalue weighted by atomic mass is 35.5. The van der Waals surface area contributed by atoms with Gasteiger partial charge in [0.15, 0.2) is 0 Å². The van der Waals surface area contributed by atoms with Crippen LogP contribution in [-0.4, -0.2) is 35.1 Å². The van der Waals surface area contributed by atoms with Crippen LogP contribution in [0.2, 0.25) is 5.02 Å². The summed E-state index contributed by atoms with van der Waals surface area (Å²) in [6.07, 6.45) is 7.08. The van der Waals surface area contributed by atoms with Gasteiger partial charge in [-0.1, -0.05) is 11.6 Å². The van der Waals surface area contributed by atoms with E-state index >= 15 is 0 Å². The standard InChI is InChI=1S/C24H28ClN3O5/c1-32-16-3-4-17(19(6-16)33-2)27-18-12-26-28(22(31)21(18)25)24-9-14-5-15(10-24)8-23(7-14,13-24)11-20(29)30/h3-4,6,12,14-15,27H,5,7-11,13H2,1-2H3,(H,29,30)/t14-,15-,23?,24?/m0/s1. The van der Waals surface area contributed by atoms with Gasteiger partial charge >= 0.3 is 5.97 Å². The largest absolute Gasteiger partial charge is 0.497 e. The Balaban J connectivity index is 1.49. The number of aromatic nitrogens is 2. The lowest BCUT2D eigenvalue weighted by atomic mass is 9.46. The van der Waals surface area contributed by atoms with E-state index in [0.717, 1.165) is 32.1 Å². The summed E-state index contributed by atoms with van der Waals surface area (Å²) in [6.45, 7) is 0. The molecule has 4 aliphatic carbocycles. The van der Waals surface area contributed by atoms with Gasteiger partial charge in [-0.3, -0.25) is 9.59 Å². The van der Waals surface area contributed by atoms with Crippen LogP contribution >= 0.6 is 11.6 Å². The molecule has 0 saturated heterocycles. The van der Waals surface area contributed by atoms with Gasteiger partial charge in [0.05, 0.1) is 43.8 Å². The Labute approximate surface area is 196 Å². The zero-order valence-electron chi connectivity index (χ0n) is 18.8. The first-order valence-electron chi connectivity index (χ1n) is 11.3. The molecule has 4 saturated carbocycles. The Morgan fingerprint density at radius 2 is 1.94 bits per heavy atom. The second-order valence-corrected chi connectivity index (χ2v) is 10.4. The number of hydrogen-bond donors (Lipinski definition) is 2. The van der Waals surface area contributed by atoms with E-state index in [4.69, 9.17) is 21.1 Å². The number of rotatable bonds is 7. The molecule has 2 N–H and O–H groups in total. The minimum absolute atomic E-state index is 0.0610. The van der Waals surface area contributed by atoms with Crippen molar-refractivity contribution in [1.29, 1.82) is 0 Å². The number of hydrogen-bond acceptors (Lipinski definition) is 6. The second-order valence-electron chi connectivity index (χ2n) is 10.0. The summed E-state index contributed by atoms with van der Waals surface area (Å²) in [5.74, 6) is 1.29. The van der Waals surface area contributed by atoms with Gasteiger partial charge in [-0.15, -0.1) is 0 Å². The number of carboxylic acids is 1. The Morgan fingerprint density at radius 3 is 2.58 bits per heavy atom. The van der Waals surface area contributed by atoms with Crippen LogP contribution in [0.3, 0.4) is 0 Å². The monoisotopic (exact) mass is 473 g/mol. The highest BCUT2D eigenvalue weighted by molar-refractivity contribution is 6.33. The van der Waals surface area contributed by atoms with Crippen molar-refractivity contribution >= 4 is 28.9 Å². The average Bonchev–Trinajstić information content (AvgIpc) is 2.75. The minimum Gasteiger partial charge on any atom is -0.497 e. The van der Waals surface area contributed by atoms with Gasteiger partial charge in [-0.25, -0.2) is 4.68 Å². The van der Waals surface area contributed by atoms with Crippen molar-refractivity contribution in [3.8, 4) is 11.5 Å². The first-order valence-corrected chi connectivity index (χ1v) is 11.6. The molecule has 6 rings (SSSR count). The average molecular weight is 474 g/mol. The van der Waals surface area contributed by atoms with E-state index < -0.39 is 11.5 Å². The Morgan fingerprint density at radius 1 is 1.21 bits per heavy atom. The molecule has 4 bridgehead atoms. The summed E-state index contributed by atoms with van der Waals surface area (Å²) < 4.78 is 12.2. The van der Waals surface area contributed by atoms with Gasteiger partial charge in [0.25, 0.3) is 5.56 Å². The van der Waals surface area contributed by atoms with Crippen molar-refractivity contribution < 1.29 is 19.4 Å². The van der Waals surface area contributed by atoms with Crippen molar-refractivity contribution in [2.45, 2.75) is 50.5 Å². The molecule has 0 aliphatic heterocycles. The second kappa shape index (κ2) is 7.94. The van der Waals surface area contributed by atoms with Crippen LogP contribution in [0.5, 0.6) is 11.5 Å². The quantitative estimate of drug-likeness (QED) is 0.613. The Hall–Kier alpha value is -2.74. The maximum absolute atomic E-state index is 13.4. The summed E-state index contributed by atoms with van der Waals surface area (Å²) >= 11 is 6.57. The van der Waals surface area contributed by atoms with Crippen molar-refractivity contribution in [2.24, 2.45) is 17.3 Å². The zero-order valence-corrected chi connectivity index (χ0v) is 19.5. The van der Waals surface area contributed by atoms with Gasteiger partial charge in [0.1, 0.15) is 16.5 Å². The molecule has 8 nitrogen and oxygen atoms in total. The van der Waals surface area contributed by atoms with E-state index in [9.17, 15) is 14.7 Å². The lowest BCUT2D eigenvalue weighted by molar-refractivity contribution is -0.151. The SMILES string of the molecule is COc1ccc(Nc2cnn(C34C[C@H]5C[C@@H](CC(CC(=O)O)(C5)C3)C4)c(=O)c2Cl)c(OC)c1. The van der Waals surface area contributed by atoms with Crippen LogP contribution in [0.25, 0.3) is 0 Å². The number of nitrogens with zero attached hydrogens (tertiary/aromatic N) is 2. The third-order valence-corrected chi connectivity index (χ3v) is 8.09. The summed E-state index contributed by atoms with van der Waals surface area (Å²) in [6, 6.07) is 5.31. The van der Waals surface area contributed by atoms with E-state index in [2.05, 4.69) is 10.4 Å². The Kier molecular flexibility index (Phi) is 5.31. The molecule has 1 aromatic heterocycles. The molecule has 4 aliphatic rings. The minimum atomic E-state index is -0.765. The maximum Gasteiger partial charge on any atom is 0.303 e. The van der Waals surface area contributed by atoms with Crippen molar-refractivity contribution in [2.75, 3.05) is 19.5 Å². The summed E-state index contributed by atoms with van der Waals surface area (Å²) in [4.78, 5) is 25.1. The van der Waals surface area contributed by atoms with Gasteiger partial charge in [0.2, 0.25) is 0 Å². The maximum atomic E-state index is 13.4. The van der Waals surface area contributed by atoms with Crippen LogP contribution in [0.4, 0.5) is 11.4 Å². The number of benzene rings is 1. The first-order chi connectivity index (χ1) is 15.8. The molecule has 0 radical (unpaired) electrons. The number of aliphatic carboxylic acids is 1. The number of halogens is 1. The lowest BCUT2D eigenvalue weighted by Gasteiger charge is -2.61. The molecule has 2 aromatic rings. The van der Waals surface area contributed by atoms with Crippen molar-refractivity contribution in [1.82, 2.24) is 9.78 Å². The summed E-state index contributed by atoms with van der Waals surface area (Å²) in [7, 11) is 3.13. The molecule has 0 spiro atoms. The molecular weight excluding hydrogens is 446 g/mol. The third-order valence-electron chi connectivity index (χ3n) is 7.72. The summed E-state index contributed by atoms with van der Waals surface area (Å²) in [5.41, 5.74) is -0.0321. The van der Waals surface area contributed by atoms with E-state index in [0.29, 0.717) is 41.1 Å². The number of ether oxygens (including phenoxy) is 2. The number of carbonyl (C=O) groups is 1. The number of methoxy groups -OCH3 is 2. The lowest BCUT2D eigenvalue weighted by Crippen LogP contribution is -2.59. The molecule has 33 heavy (non-hydrogen) atoms. The van der Waals surface area contributed by atoms with Gasteiger partial charge < -0.3 is 19.9 Å². The molecule has 1 aromatic carbocycles. The van der Waals surface area contributed by atoms with E-state index in [1.54, 1.807) is 43.3 Å². The molecule has 0 amide bonds. The van der Waals surface area contributed by atoms with Crippen LogP contribution in [0.15, 0.2) is 29.2 Å². The fourth-order valence-corrected chi connectivity index (χ4v) is 7.26. The molecule has 4 fully saturated rings. The number of nitrogens with one attached hydrogen (secondary N) is 1. The third kappa shape index (κ3) is 3.74. The van der Waals surface area contributed by atoms with Crippen LogP contribution in [0, 0.1) is 17.3 Å². The van der Waals surface area contributed by atoms with Gasteiger partial charge in [0, 0.05) is 6.07 Å². The van der Waals surface area contributed by atoms with Gasteiger partial charge in [-0.2, -0.15) is 5.10 Å². The van der Waals surface area contributed by atoms with Crippen molar-refractivity contribution in [3.63, 3.8) is 0 Å². The van der Waals surface area contributed by atoms with Crippen LogP contribution < -0.4 is 20.3 Å². The van der Waals surface area contributed by atoms with Crippen LogP contribution in [0.1, 0.15) is 44.9 Å². The zero-order chi connectivity index (χ0) is 23.4. The smallest absolute Gasteiger partial charge is 0.303 e. The van der Waals surface area contributed by atoms with E-state index in [-0.39, 0.29) is 22.4 Å². The topological polar surface area (TPSA) is 103 Å². The Bertz CT molecular complexity index is 1150. The number of carboxylic acid groups (broad SMARTS) is 1. The summed E-state index contributed by atoms with van der Waals surface area (Å²) in [5, 5.41) is 17.3. The molecular formula is C24H28ClN3O5. The van der Waals surface area contributed by atoms with E-state index in [1.807, 2.05) is 0 Å². The van der Waals surface area contributed by atoms with Gasteiger partial charge in [-0.05, 0) is 67.9 Å².